The van der Waals surface area contributed by atoms with Crippen LogP contribution < -0.4 is 5.32 Å². The standard InChI is InChI=1S/C10H10ClF3N2O3/c1-19-4-7(9(17)18)16-8-6(11)2-5(3-15-8)10(12,13)14/h2-3,7H,4H2,1H3,(H,15,16)(H,17,18). The molecule has 0 spiro atoms. The van der Waals surface area contributed by atoms with Crippen LogP contribution in [0.1, 0.15) is 5.56 Å². The van der Waals surface area contributed by atoms with Gasteiger partial charge in [0.05, 0.1) is 17.2 Å². The number of halogens is 4. The number of nitrogens with one attached hydrogen (secondary N) is 1. The van der Waals surface area contributed by atoms with E-state index in [4.69, 9.17) is 16.7 Å². The number of aromatic nitrogens is 1. The molecule has 1 rings (SSSR count). The molecule has 106 valence electrons. The Labute approximate surface area is 111 Å². The number of aliphatic carboxylic acids is 1. The number of carboxylic acids is 1. The number of rotatable bonds is 5. The highest BCUT2D eigenvalue weighted by Gasteiger charge is 2.32. The molecule has 0 amide bonds. The van der Waals surface area contributed by atoms with E-state index in [0.29, 0.717) is 12.3 Å². The van der Waals surface area contributed by atoms with Crippen molar-refractivity contribution in [2.45, 2.75) is 12.2 Å². The highest BCUT2D eigenvalue weighted by atomic mass is 35.5. The normalized spacial score (nSPS) is 13.1. The van der Waals surface area contributed by atoms with E-state index in [9.17, 15) is 18.0 Å². The lowest BCUT2D eigenvalue weighted by atomic mass is 10.2. The Bertz CT molecular complexity index is 468. The molecule has 1 aromatic rings. The van der Waals surface area contributed by atoms with Gasteiger partial charge in [0, 0.05) is 13.3 Å². The van der Waals surface area contributed by atoms with E-state index in [1.165, 1.54) is 7.11 Å². The van der Waals surface area contributed by atoms with Crippen molar-refractivity contribution < 1.29 is 27.8 Å². The fraction of sp³-hybridized carbons (Fsp3) is 0.400. The maximum absolute atomic E-state index is 12.4. The van der Waals surface area contributed by atoms with Crippen LogP contribution in [0, 0.1) is 0 Å². The van der Waals surface area contributed by atoms with Crippen molar-refractivity contribution in [1.82, 2.24) is 4.98 Å². The minimum absolute atomic E-state index is 0.154. The second kappa shape index (κ2) is 6.07. The highest BCUT2D eigenvalue weighted by Crippen LogP contribution is 2.32. The van der Waals surface area contributed by atoms with Crippen LogP contribution >= 0.6 is 11.6 Å². The van der Waals surface area contributed by atoms with Crippen LogP contribution in [0.25, 0.3) is 0 Å². The van der Waals surface area contributed by atoms with Gasteiger partial charge in [-0.3, -0.25) is 0 Å². The third-order valence-electron chi connectivity index (χ3n) is 2.11. The maximum Gasteiger partial charge on any atom is 0.417 e. The van der Waals surface area contributed by atoms with Gasteiger partial charge in [0.1, 0.15) is 11.9 Å². The Morgan fingerprint density at radius 3 is 2.68 bits per heavy atom. The van der Waals surface area contributed by atoms with Crippen LogP contribution in [-0.4, -0.2) is 35.8 Å². The zero-order valence-corrected chi connectivity index (χ0v) is 10.4. The minimum atomic E-state index is -4.56. The van der Waals surface area contributed by atoms with Crippen LogP contribution in [0.5, 0.6) is 0 Å². The lowest BCUT2D eigenvalue weighted by Gasteiger charge is -2.15. The molecule has 9 heteroatoms. The molecule has 0 aliphatic carbocycles. The van der Waals surface area contributed by atoms with Gasteiger partial charge in [0.15, 0.2) is 0 Å². The molecule has 1 aromatic heterocycles. The van der Waals surface area contributed by atoms with Crippen molar-refractivity contribution in [3.05, 3.63) is 22.8 Å². The molecule has 0 saturated heterocycles. The topological polar surface area (TPSA) is 71.5 Å². The van der Waals surface area contributed by atoms with E-state index in [2.05, 4.69) is 15.0 Å². The predicted molar refractivity (Wildman–Crippen MR) is 61.2 cm³/mol. The second-order valence-electron chi connectivity index (χ2n) is 3.54. The molecule has 19 heavy (non-hydrogen) atoms. The first-order valence-corrected chi connectivity index (χ1v) is 5.34. The van der Waals surface area contributed by atoms with Gasteiger partial charge in [-0.15, -0.1) is 0 Å². The third-order valence-corrected chi connectivity index (χ3v) is 2.40. The van der Waals surface area contributed by atoms with Crippen molar-refractivity contribution in [2.24, 2.45) is 0 Å². The lowest BCUT2D eigenvalue weighted by molar-refractivity contribution is -0.139. The molecule has 0 aromatic carbocycles. The Balaban J connectivity index is 2.93. The number of methoxy groups -OCH3 is 1. The molecule has 5 nitrogen and oxygen atoms in total. The summed E-state index contributed by atoms with van der Waals surface area (Å²) in [6.07, 6.45) is -3.99. The van der Waals surface area contributed by atoms with Crippen LogP contribution in [-0.2, 0) is 15.7 Å². The summed E-state index contributed by atoms with van der Waals surface area (Å²) in [5.74, 6) is -1.39. The number of anilines is 1. The Morgan fingerprint density at radius 1 is 1.63 bits per heavy atom. The third kappa shape index (κ3) is 4.25. The lowest BCUT2D eigenvalue weighted by Crippen LogP contribution is -2.34. The molecular weight excluding hydrogens is 289 g/mol. The quantitative estimate of drug-likeness (QED) is 0.872. The van der Waals surface area contributed by atoms with Gasteiger partial charge in [0.25, 0.3) is 0 Å². The number of ether oxygens (including phenoxy) is 1. The number of pyridine rings is 1. The molecule has 0 saturated carbocycles. The van der Waals surface area contributed by atoms with Crippen molar-refractivity contribution in [3.63, 3.8) is 0 Å². The average molecular weight is 299 g/mol. The molecule has 2 N–H and O–H groups in total. The van der Waals surface area contributed by atoms with Crippen molar-refractivity contribution >= 4 is 23.4 Å². The molecule has 0 aliphatic heterocycles. The van der Waals surface area contributed by atoms with Crippen molar-refractivity contribution in [3.8, 4) is 0 Å². The largest absolute Gasteiger partial charge is 0.480 e. The van der Waals surface area contributed by atoms with E-state index in [1.54, 1.807) is 0 Å². The molecule has 0 bridgehead atoms. The van der Waals surface area contributed by atoms with Gasteiger partial charge in [-0.25, -0.2) is 9.78 Å². The average Bonchev–Trinajstić information content (AvgIpc) is 2.29. The van der Waals surface area contributed by atoms with Gasteiger partial charge in [-0.1, -0.05) is 11.6 Å². The summed E-state index contributed by atoms with van der Waals surface area (Å²) in [4.78, 5) is 14.3. The van der Waals surface area contributed by atoms with E-state index in [1.807, 2.05) is 0 Å². The van der Waals surface area contributed by atoms with Gasteiger partial charge < -0.3 is 15.2 Å². The van der Waals surface area contributed by atoms with Gasteiger partial charge >= 0.3 is 12.1 Å². The summed E-state index contributed by atoms with van der Waals surface area (Å²) in [7, 11) is 1.29. The van der Waals surface area contributed by atoms with E-state index in [-0.39, 0.29) is 17.4 Å². The van der Waals surface area contributed by atoms with E-state index < -0.39 is 23.8 Å². The van der Waals surface area contributed by atoms with Crippen LogP contribution in [0.2, 0.25) is 5.02 Å². The van der Waals surface area contributed by atoms with Crippen LogP contribution in [0.4, 0.5) is 19.0 Å². The molecule has 0 aliphatic rings. The molecule has 0 fully saturated rings. The fourth-order valence-electron chi connectivity index (χ4n) is 1.21. The van der Waals surface area contributed by atoms with Crippen molar-refractivity contribution in [1.29, 1.82) is 0 Å². The predicted octanol–water partition coefficient (Wildman–Crippen LogP) is 2.27. The molecule has 1 heterocycles. The molecular formula is C10H10ClF3N2O3. The summed E-state index contributed by atoms with van der Waals surface area (Å²) >= 11 is 5.63. The Hall–Kier alpha value is -1.54. The van der Waals surface area contributed by atoms with E-state index >= 15 is 0 Å². The number of carbonyl (C=O) groups is 1. The number of nitrogens with zero attached hydrogens (tertiary/aromatic N) is 1. The summed E-state index contributed by atoms with van der Waals surface area (Å²) in [5, 5.41) is 10.9. The number of alkyl halides is 3. The highest BCUT2D eigenvalue weighted by molar-refractivity contribution is 6.33. The fourth-order valence-corrected chi connectivity index (χ4v) is 1.43. The van der Waals surface area contributed by atoms with Gasteiger partial charge in [0.2, 0.25) is 0 Å². The molecule has 1 unspecified atom stereocenters. The Morgan fingerprint density at radius 2 is 2.26 bits per heavy atom. The van der Waals surface area contributed by atoms with Crippen LogP contribution in [0.15, 0.2) is 12.3 Å². The van der Waals surface area contributed by atoms with Gasteiger partial charge in [-0.05, 0) is 6.07 Å². The number of carboxylic acid groups (broad SMARTS) is 1. The summed E-state index contributed by atoms with van der Waals surface area (Å²) in [5.41, 5.74) is -1.01. The van der Waals surface area contributed by atoms with Gasteiger partial charge in [-0.2, -0.15) is 13.2 Å². The summed E-state index contributed by atoms with van der Waals surface area (Å²) in [6, 6.07) is -0.491. The maximum atomic E-state index is 12.4. The zero-order chi connectivity index (χ0) is 14.6. The van der Waals surface area contributed by atoms with Crippen LogP contribution in [0.3, 0.4) is 0 Å². The Kier molecular flexibility index (Phi) is 4.96. The second-order valence-corrected chi connectivity index (χ2v) is 3.95. The first kappa shape index (κ1) is 15.5. The minimum Gasteiger partial charge on any atom is -0.480 e. The number of hydrogen-bond acceptors (Lipinski definition) is 4. The molecule has 1 atom stereocenters. The first-order valence-electron chi connectivity index (χ1n) is 4.96. The number of hydrogen-bond donors (Lipinski definition) is 2. The van der Waals surface area contributed by atoms with Crippen molar-refractivity contribution in [2.75, 3.05) is 19.0 Å². The molecule has 0 radical (unpaired) electrons. The van der Waals surface area contributed by atoms with E-state index in [0.717, 1.165) is 0 Å². The smallest absolute Gasteiger partial charge is 0.417 e. The monoisotopic (exact) mass is 298 g/mol. The summed E-state index contributed by atoms with van der Waals surface area (Å²) in [6.45, 7) is -0.186. The summed E-state index contributed by atoms with van der Waals surface area (Å²) < 4.78 is 41.8. The first-order chi connectivity index (χ1) is 8.75. The SMILES string of the molecule is COCC(Nc1ncc(C(F)(F)F)cc1Cl)C(=O)O. The zero-order valence-electron chi connectivity index (χ0n) is 9.66.